The summed E-state index contributed by atoms with van der Waals surface area (Å²) < 4.78 is 0. The first-order valence-electron chi connectivity index (χ1n) is 6.79. The van der Waals surface area contributed by atoms with Crippen LogP contribution in [0.15, 0.2) is 18.2 Å². The highest BCUT2D eigenvalue weighted by molar-refractivity contribution is 5.97. The maximum absolute atomic E-state index is 12.1. The van der Waals surface area contributed by atoms with Gasteiger partial charge in [-0.15, -0.1) is 12.4 Å². The molecule has 1 saturated heterocycles. The standard InChI is InChI=1S/C15H22N2O2.ClH/c1-11-3-4-13(18)12(9-11)14(19)17-10-15(2)5-7-16-8-6-15;/h3-4,9,16,18H,5-8,10H2,1-2H3,(H,17,19);1H. The van der Waals surface area contributed by atoms with Gasteiger partial charge in [-0.25, -0.2) is 0 Å². The van der Waals surface area contributed by atoms with E-state index in [4.69, 9.17) is 0 Å². The first-order valence-corrected chi connectivity index (χ1v) is 6.79. The Bertz CT molecular complexity index is 471. The number of halogens is 1. The molecule has 1 aromatic rings. The molecule has 1 aliphatic rings. The summed E-state index contributed by atoms with van der Waals surface area (Å²) in [7, 11) is 0. The largest absolute Gasteiger partial charge is 0.507 e. The van der Waals surface area contributed by atoms with Gasteiger partial charge in [0.15, 0.2) is 0 Å². The Morgan fingerprint density at radius 1 is 1.40 bits per heavy atom. The van der Waals surface area contributed by atoms with Crippen LogP contribution >= 0.6 is 12.4 Å². The fourth-order valence-electron chi connectivity index (χ4n) is 2.43. The van der Waals surface area contributed by atoms with Crippen molar-refractivity contribution in [3.05, 3.63) is 29.3 Å². The monoisotopic (exact) mass is 298 g/mol. The van der Waals surface area contributed by atoms with E-state index < -0.39 is 0 Å². The molecule has 1 fully saturated rings. The quantitative estimate of drug-likeness (QED) is 0.802. The summed E-state index contributed by atoms with van der Waals surface area (Å²) >= 11 is 0. The van der Waals surface area contributed by atoms with Crippen LogP contribution in [-0.4, -0.2) is 30.6 Å². The Labute approximate surface area is 126 Å². The van der Waals surface area contributed by atoms with E-state index in [1.165, 1.54) is 0 Å². The highest BCUT2D eigenvalue weighted by Gasteiger charge is 2.27. The van der Waals surface area contributed by atoms with Gasteiger partial charge in [0, 0.05) is 6.54 Å². The molecule has 0 atom stereocenters. The van der Waals surface area contributed by atoms with Gasteiger partial charge in [-0.3, -0.25) is 4.79 Å². The van der Waals surface area contributed by atoms with Crippen LogP contribution < -0.4 is 10.6 Å². The lowest BCUT2D eigenvalue weighted by molar-refractivity contribution is 0.0919. The minimum atomic E-state index is -0.194. The molecular weight excluding hydrogens is 276 g/mol. The molecule has 112 valence electrons. The molecule has 5 heteroatoms. The van der Waals surface area contributed by atoms with Gasteiger partial charge in [-0.05, 0) is 50.4 Å². The predicted octanol–water partition coefficient (Wildman–Crippen LogP) is 2.24. The number of hydrogen-bond donors (Lipinski definition) is 3. The molecule has 4 nitrogen and oxygen atoms in total. The summed E-state index contributed by atoms with van der Waals surface area (Å²) in [6.07, 6.45) is 2.13. The van der Waals surface area contributed by atoms with E-state index in [9.17, 15) is 9.90 Å². The molecule has 1 aromatic carbocycles. The summed E-state index contributed by atoms with van der Waals surface area (Å²) in [5.41, 5.74) is 1.48. The highest BCUT2D eigenvalue weighted by Crippen LogP contribution is 2.27. The van der Waals surface area contributed by atoms with Gasteiger partial charge in [-0.2, -0.15) is 0 Å². The van der Waals surface area contributed by atoms with E-state index in [-0.39, 0.29) is 29.5 Å². The molecule has 0 bridgehead atoms. The van der Waals surface area contributed by atoms with Crippen LogP contribution in [0.4, 0.5) is 0 Å². The molecule has 3 N–H and O–H groups in total. The maximum atomic E-state index is 12.1. The van der Waals surface area contributed by atoms with Gasteiger partial charge < -0.3 is 15.7 Å². The molecule has 0 spiro atoms. The number of amides is 1. The number of aryl methyl sites for hydroxylation is 1. The van der Waals surface area contributed by atoms with E-state index in [0.29, 0.717) is 12.1 Å². The summed E-state index contributed by atoms with van der Waals surface area (Å²) in [6.45, 7) is 6.76. The average Bonchev–Trinajstić information content (AvgIpc) is 2.40. The average molecular weight is 299 g/mol. The van der Waals surface area contributed by atoms with Gasteiger partial charge in [0.05, 0.1) is 5.56 Å². The summed E-state index contributed by atoms with van der Waals surface area (Å²) in [5.74, 6) is -0.153. The van der Waals surface area contributed by atoms with Crippen LogP contribution in [0.25, 0.3) is 0 Å². The molecule has 0 radical (unpaired) electrons. The first kappa shape index (κ1) is 16.8. The number of aromatic hydroxyl groups is 1. The SMILES string of the molecule is Cc1ccc(O)c(C(=O)NCC2(C)CCNCC2)c1.Cl. The number of carbonyl (C=O) groups excluding carboxylic acids is 1. The smallest absolute Gasteiger partial charge is 0.255 e. The fraction of sp³-hybridized carbons (Fsp3) is 0.533. The van der Waals surface area contributed by atoms with Gasteiger partial charge in [0.2, 0.25) is 0 Å². The third-order valence-electron chi connectivity index (χ3n) is 3.88. The summed E-state index contributed by atoms with van der Waals surface area (Å²) in [5, 5.41) is 16.0. The van der Waals surface area contributed by atoms with E-state index >= 15 is 0 Å². The zero-order chi connectivity index (χ0) is 13.9. The Morgan fingerprint density at radius 2 is 2.05 bits per heavy atom. The minimum absolute atomic E-state index is 0. The van der Waals surface area contributed by atoms with E-state index in [1.54, 1.807) is 18.2 Å². The molecule has 0 unspecified atom stereocenters. The molecule has 1 heterocycles. The second-order valence-electron chi connectivity index (χ2n) is 5.76. The van der Waals surface area contributed by atoms with Crippen molar-refractivity contribution in [2.24, 2.45) is 5.41 Å². The number of hydrogen-bond acceptors (Lipinski definition) is 3. The Morgan fingerprint density at radius 3 is 2.70 bits per heavy atom. The van der Waals surface area contributed by atoms with E-state index in [0.717, 1.165) is 31.5 Å². The van der Waals surface area contributed by atoms with Crippen molar-refractivity contribution in [1.82, 2.24) is 10.6 Å². The van der Waals surface area contributed by atoms with Gasteiger partial charge in [-0.1, -0.05) is 18.6 Å². The molecule has 0 aliphatic carbocycles. The van der Waals surface area contributed by atoms with Gasteiger partial charge in [0.25, 0.3) is 5.91 Å². The predicted molar refractivity (Wildman–Crippen MR) is 82.6 cm³/mol. The van der Waals surface area contributed by atoms with Crippen LogP contribution in [0.1, 0.15) is 35.7 Å². The number of rotatable bonds is 3. The van der Waals surface area contributed by atoms with Crippen LogP contribution in [-0.2, 0) is 0 Å². The van der Waals surface area contributed by atoms with Crippen LogP contribution in [0.5, 0.6) is 5.75 Å². The van der Waals surface area contributed by atoms with Crippen molar-refractivity contribution in [3.63, 3.8) is 0 Å². The molecule has 0 saturated carbocycles. The number of piperidine rings is 1. The second-order valence-corrected chi connectivity index (χ2v) is 5.76. The first-order chi connectivity index (χ1) is 9.00. The Hall–Kier alpha value is -1.26. The Balaban J connectivity index is 0.00000200. The lowest BCUT2D eigenvalue weighted by Crippen LogP contribution is -2.42. The summed E-state index contributed by atoms with van der Waals surface area (Å²) in [4.78, 5) is 12.1. The third kappa shape index (κ3) is 4.12. The normalized spacial score (nSPS) is 17.1. The lowest BCUT2D eigenvalue weighted by atomic mass is 9.81. The molecule has 1 aliphatic heterocycles. The zero-order valence-electron chi connectivity index (χ0n) is 12.0. The third-order valence-corrected chi connectivity index (χ3v) is 3.88. The van der Waals surface area contributed by atoms with Crippen molar-refractivity contribution in [3.8, 4) is 5.75 Å². The van der Waals surface area contributed by atoms with Crippen LogP contribution in [0.2, 0.25) is 0 Å². The van der Waals surface area contributed by atoms with Crippen molar-refractivity contribution < 1.29 is 9.90 Å². The van der Waals surface area contributed by atoms with Crippen molar-refractivity contribution >= 4 is 18.3 Å². The van der Waals surface area contributed by atoms with E-state index in [1.807, 2.05) is 6.92 Å². The zero-order valence-corrected chi connectivity index (χ0v) is 12.8. The number of phenols is 1. The highest BCUT2D eigenvalue weighted by atomic mass is 35.5. The molecular formula is C15H23ClN2O2. The number of carbonyl (C=O) groups is 1. The number of phenolic OH excluding ortho intramolecular Hbond substituents is 1. The van der Waals surface area contributed by atoms with Crippen LogP contribution in [0, 0.1) is 12.3 Å². The molecule has 1 amide bonds. The van der Waals surface area contributed by atoms with Crippen molar-refractivity contribution in [2.45, 2.75) is 26.7 Å². The molecule has 20 heavy (non-hydrogen) atoms. The molecule has 2 rings (SSSR count). The van der Waals surface area contributed by atoms with Crippen molar-refractivity contribution in [2.75, 3.05) is 19.6 Å². The maximum Gasteiger partial charge on any atom is 0.255 e. The molecule has 0 aromatic heterocycles. The van der Waals surface area contributed by atoms with Crippen LogP contribution in [0.3, 0.4) is 0 Å². The lowest BCUT2D eigenvalue weighted by Gasteiger charge is -2.34. The van der Waals surface area contributed by atoms with Crippen molar-refractivity contribution in [1.29, 1.82) is 0 Å². The number of nitrogens with one attached hydrogen (secondary N) is 2. The van der Waals surface area contributed by atoms with E-state index in [2.05, 4.69) is 17.6 Å². The summed E-state index contributed by atoms with van der Waals surface area (Å²) in [6, 6.07) is 5.08. The topological polar surface area (TPSA) is 61.4 Å². The second kappa shape index (κ2) is 6.95. The van der Waals surface area contributed by atoms with Gasteiger partial charge in [0.1, 0.15) is 5.75 Å². The van der Waals surface area contributed by atoms with Gasteiger partial charge >= 0.3 is 0 Å². The minimum Gasteiger partial charge on any atom is -0.507 e. The number of benzene rings is 1. The Kier molecular flexibility index (Phi) is 5.84. The fourth-order valence-corrected chi connectivity index (χ4v) is 2.43.